The van der Waals surface area contributed by atoms with Crippen LogP contribution in [-0.2, 0) is 10.8 Å². The van der Waals surface area contributed by atoms with Crippen molar-refractivity contribution in [1.29, 1.82) is 0 Å². The van der Waals surface area contributed by atoms with E-state index in [1.165, 1.54) is 50.5 Å². The van der Waals surface area contributed by atoms with E-state index in [1.807, 2.05) is 0 Å². The predicted molar refractivity (Wildman–Crippen MR) is 108 cm³/mol. The van der Waals surface area contributed by atoms with Crippen LogP contribution in [0.2, 0.25) is 0 Å². The lowest BCUT2D eigenvalue weighted by atomic mass is 9.67. The summed E-state index contributed by atoms with van der Waals surface area (Å²) in [6.45, 7) is 13.3. The van der Waals surface area contributed by atoms with E-state index >= 15 is 0 Å². The van der Waals surface area contributed by atoms with Gasteiger partial charge in [-0.2, -0.15) is 0 Å². The third kappa shape index (κ3) is 3.91. The minimum Gasteiger partial charge on any atom is -0.507 e. The number of benzene rings is 1. The molecule has 0 unspecified atom stereocenters. The molecular formula is C24H38O. The summed E-state index contributed by atoms with van der Waals surface area (Å²) >= 11 is 0. The molecule has 1 heteroatoms. The fourth-order valence-corrected chi connectivity index (χ4v) is 4.87. The Hall–Kier alpha value is -0.980. The van der Waals surface area contributed by atoms with Crippen molar-refractivity contribution >= 4 is 0 Å². The third-order valence-corrected chi connectivity index (χ3v) is 6.81. The summed E-state index contributed by atoms with van der Waals surface area (Å²) in [5.41, 5.74) is 3.67. The summed E-state index contributed by atoms with van der Waals surface area (Å²) < 4.78 is 0. The normalized spacial score (nSPS) is 25.7. The highest BCUT2D eigenvalue weighted by molar-refractivity contribution is 5.50. The fraction of sp³-hybridized carbons (Fsp3) is 0.750. The van der Waals surface area contributed by atoms with Gasteiger partial charge in [0.25, 0.3) is 0 Å². The molecule has 1 aromatic carbocycles. The quantitative estimate of drug-likeness (QED) is 0.610. The lowest BCUT2D eigenvalue weighted by molar-refractivity contribution is 0.153. The molecule has 2 aliphatic carbocycles. The van der Waals surface area contributed by atoms with E-state index in [9.17, 15) is 5.11 Å². The SMILES string of the molecule is CC(C)(C)c1cc(C2CCC(C3CCC3)CC2)cc(C(C)(C)C)c1O. The topological polar surface area (TPSA) is 20.2 Å². The number of rotatable bonds is 2. The third-order valence-electron chi connectivity index (χ3n) is 6.81. The largest absolute Gasteiger partial charge is 0.507 e. The van der Waals surface area contributed by atoms with Crippen molar-refractivity contribution in [3.63, 3.8) is 0 Å². The zero-order chi connectivity index (χ0) is 18.4. The van der Waals surface area contributed by atoms with Crippen molar-refractivity contribution in [2.75, 3.05) is 0 Å². The molecule has 1 aromatic rings. The molecule has 2 saturated carbocycles. The number of phenols is 1. The lowest BCUT2D eigenvalue weighted by Crippen LogP contribution is -2.26. The smallest absolute Gasteiger partial charge is 0.123 e. The first-order chi connectivity index (χ1) is 11.6. The van der Waals surface area contributed by atoms with Crippen LogP contribution in [0, 0.1) is 11.8 Å². The van der Waals surface area contributed by atoms with Crippen molar-refractivity contribution in [2.45, 2.75) is 103 Å². The maximum atomic E-state index is 10.9. The molecule has 140 valence electrons. The zero-order valence-corrected chi connectivity index (χ0v) is 17.3. The van der Waals surface area contributed by atoms with Crippen LogP contribution in [-0.4, -0.2) is 5.11 Å². The Balaban J connectivity index is 1.88. The number of phenolic OH excluding ortho intramolecular Hbond substituents is 1. The zero-order valence-electron chi connectivity index (χ0n) is 17.3. The second-order valence-corrected chi connectivity index (χ2v) is 10.8. The first-order valence-corrected chi connectivity index (χ1v) is 10.4. The second kappa shape index (κ2) is 6.63. The van der Waals surface area contributed by atoms with Crippen molar-refractivity contribution in [3.05, 3.63) is 28.8 Å². The molecule has 0 aromatic heterocycles. The van der Waals surface area contributed by atoms with Gasteiger partial charge < -0.3 is 5.11 Å². The maximum Gasteiger partial charge on any atom is 0.123 e. The van der Waals surface area contributed by atoms with Crippen molar-refractivity contribution in [3.8, 4) is 5.75 Å². The highest BCUT2D eigenvalue weighted by atomic mass is 16.3. The Morgan fingerprint density at radius 2 is 1.16 bits per heavy atom. The van der Waals surface area contributed by atoms with Crippen molar-refractivity contribution in [2.24, 2.45) is 11.8 Å². The Morgan fingerprint density at radius 1 is 0.720 bits per heavy atom. The summed E-state index contributed by atoms with van der Waals surface area (Å²) in [6, 6.07) is 4.64. The molecule has 3 rings (SSSR count). The summed E-state index contributed by atoms with van der Waals surface area (Å²) in [5, 5.41) is 10.9. The average Bonchev–Trinajstić information content (AvgIpc) is 2.44. The molecule has 0 spiro atoms. The molecule has 1 nitrogen and oxygen atoms in total. The van der Waals surface area contributed by atoms with E-state index < -0.39 is 0 Å². The van der Waals surface area contributed by atoms with Crippen LogP contribution in [0.4, 0.5) is 0 Å². The molecule has 0 bridgehead atoms. The average molecular weight is 343 g/mol. The molecule has 0 radical (unpaired) electrons. The molecule has 25 heavy (non-hydrogen) atoms. The summed E-state index contributed by atoms with van der Waals surface area (Å²) in [5.74, 6) is 3.23. The van der Waals surface area contributed by atoms with Gasteiger partial charge in [0.15, 0.2) is 0 Å². The Bertz CT molecular complexity index is 567. The lowest BCUT2D eigenvalue weighted by Gasteiger charge is -2.39. The van der Waals surface area contributed by atoms with Crippen molar-refractivity contribution in [1.82, 2.24) is 0 Å². The molecule has 0 saturated heterocycles. The van der Waals surface area contributed by atoms with Gasteiger partial charge in [-0.05, 0) is 71.0 Å². The highest BCUT2D eigenvalue weighted by Crippen LogP contribution is 2.47. The molecule has 0 heterocycles. The molecule has 0 aliphatic heterocycles. The van der Waals surface area contributed by atoms with Crippen LogP contribution in [0.5, 0.6) is 5.75 Å². The Labute approximate surface area is 155 Å². The van der Waals surface area contributed by atoms with Gasteiger partial charge in [0.05, 0.1) is 0 Å². The monoisotopic (exact) mass is 342 g/mol. The highest BCUT2D eigenvalue weighted by Gasteiger charge is 2.33. The van der Waals surface area contributed by atoms with E-state index in [4.69, 9.17) is 0 Å². The molecule has 2 fully saturated rings. The maximum absolute atomic E-state index is 10.9. The number of aromatic hydroxyl groups is 1. The van der Waals surface area contributed by atoms with Gasteiger partial charge in [-0.1, -0.05) is 72.9 Å². The van der Waals surface area contributed by atoms with E-state index in [-0.39, 0.29) is 10.8 Å². The van der Waals surface area contributed by atoms with Crippen molar-refractivity contribution < 1.29 is 5.11 Å². The van der Waals surface area contributed by atoms with E-state index in [0.29, 0.717) is 11.7 Å². The van der Waals surface area contributed by atoms with Gasteiger partial charge >= 0.3 is 0 Å². The van der Waals surface area contributed by atoms with Gasteiger partial charge in [-0.15, -0.1) is 0 Å². The number of hydrogen-bond acceptors (Lipinski definition) is 1. The molecular weight excluding hydrogens is 304 g/mol. The first kappa shape index (κ1) is 18.8. The molecule has 1 N–H and O–H groups in total. The summed E-state index contributed by atoms with van der Waals surface area (Å²) in [7, 11) is 0. The second-order valence-electron chi connectivity index (χ2n) is 10.8. The van der Waals surface area contributed by atoms with Crippen LogP contribution < -0.4 is 0 Å². The van der Waals surface area contributed by atoms with E-state index in [1.54, 1.807) is 0 Å². The summed E-state index contributed by atoms with van der Waals surface area (Å²) in [6.07, 6.45) is 9.91. The molecule has 2 aliphatic rings. The minimum absolute atomic E-state index is 0.0246. The fourth-order valence-electron chi connectivity index (χ4n) is 4.87. The summed E-state index contributed by atoms with van der Waals surface area (Å²) in [4.78, 5) is 0. The van der Waals surface area contributed by atoms with Crippen LogP contribution in [0.3, 0.4) is 0 Å². The van der Waals surface area contributed by atoms with E-state index in [2.05, 4.69) is 53.7 Å². The van der Waals surface area contributed by atoms with Gasteiger partial charge in [0, 0.05) is 0 Å². The first-order valence-electron chi connectivity index (χ1n) is 10.4. The Morgan fingerprint density at radius 3 is 1.52 bits per heavy atom. The molecule has 0 amide bonds. The predicted octanol–water partition coefficient (Wildman–Crippen LogP) is 7.06. The Kier molecular flexibility index (Phi) is 4.99. The van der Waals surface area contributed by atoms with Gasteiger partial charge in [-0.25, -0.2) is 0 Å². The molecule has 0 atom stereocenters. The standard InChI is InChI=1S/C24H38O/c1-23(2,3)20-14-19(15-21(22(20)25)24(4,5)6)18-12-10-17(11-13-18)16-8-7-9-16/h14-18,25H,7-13H2,1-6H3. The van der Waals surface area contributed by atoms with Gasteiger partial charge in [-0.3, -0.25) is 0 Å². The van der Waals surface area contributed by atoms with Crippen LogP contribution in [0.1, 0.15) is 109 Å². The number of hydrogen-bond donors (Lipinski definition) is 1. The minimum atomic E-state index is -0.0246. The van der Waals surface area contributed by atoms with Crippen LogP contribution in [0.15, 0.2) is 12.1 Å². The van der Waals surface area contributed by atoms with Gasteiger partial charge in [0.1, 0.15) is 5.75 Å². The van der Waals surface area contributed by atoms with Gasteiger partial charge in [0.2, 0.25) is 0 Å². The van der Waals surface area contributed by atoms with E-state index in [0.717, 1.165) is 23.0 Å². The van der Waals surface area contributed by atoms with Crippen LogP contribution in [0.25, 0.3) is 0 Å². The van der Waals surface area contributed by atoms with Crippen LogP contribution >= 0.6 is 0 Å².